The minimum atomic E-state index is -1.52. The van der Waals surface area contributed by atoms with Gasteiger partial charge in [0.15, 0.2) is 53.1 Å². The first-order valence-electron chi connectivity index (χ1n) is 16.1. The third-order valence-electron chi connectivity index (χ3n) is 8.50. The highest BCUT2D eigenvalue weighted by Crippen LogP contribution is 2.33. The van der Waals surface area contributed by atoms with Crippen molar-refractivity contribution in [2.75, 3.05) is 31.3 Å². The van der Waals surface area contributed by atoms with E-state index in [0.29, 0.717) is 41.4 Å². The number of aromatic nitrogens is 8. The van der Waals surface area contributed by atoms with Crippen LogP contribution >= 0.6 is 0 Å². The molecule has 5 aromatic rings. The molecule has 2 amide bonds. The lowest BCUT2D eigenvalue weighted by molar-refractivity contribution is -0.137. The van der Waals surface area contributed by atoms with Crippen LogP contribution < -0.4 is 37.1 Å². The Morgan fingerprint density at radius 2 is 1.81 bits per heavy atom. The molecule has 1 saturated heterocycles. The molecule has 0 aliphatic carbocycles. The third-order valence-corrected chi connectivity index (χ3v) is 8.50. The number of aliphatic hydroxyl groups is 2. The van der Waals surface area contributed by atoms with Crippen molar-refractivity contribution in [1.82, 2.24) is 43.5 Å². The lowest BCUT2D eigenvalue weighted by atomic mass is 10.1. The highest BCUT2D eigenvalue weighted by molar-refractivity contribution is 5.92. The smallest absolute Gasteiger partial charge is 0.332 e. The number of hydrogen-bond donors (Lipinski definition) is 5. The van der Waals surface area contributed by atoms with Gasteiger partial charge in [-0.3, -0.25) is 33.4 Å². The number of hydrogen-bond acceptors (Lipinski definition) is 14. The van der Waals surface area contributed by atoms with E-state index in [1.165, 1.54) is 29.6 Å². The number of aryl methyl sites for hydroxylation is 2. The van der Waals surface area contributed by atoms with Gasteiger partial charge in [0.2, 0.25) is 5.95 Å². The van der Waals surface area contributed by atoms with Crippen LogP contribution in [0.25, 0.3) is 34.5 Å². The number of nitrogen functional groups attached to an aromatic ring is 1. The predicted octanol–water partition coefficient (Wildman–Crippen LogP) is -0.873. The van der Waals surface area contributed by atoms with Crippen molar-refractivity contribution >= 4 is 58.1 Å². The summed E-state index contributed by atoms with van der Waals surface area (Å²) in [5, 5.41) is 26.2. The SMILES string of the molecule is CCNC(=O)[C@H]1O[C@@H](n2cnc3c(N)nc(NC(=O)COc4ccc(/C=C/c5nc6c(c(=O)n(C)c(=O)n6CC)n5C)cc4OC)nc32)[C@H](O)[C@@H]1O. The maximum Gasteiger partial charge on any atom is 0.332 e. The topological polar surface area (TPSA) is 258 Å². The van der Waals surface area contributed by atoms with Crippen molar-refractivity contribution in [1.29, 1.82) is 0 Å². The molecular weight excluding hydrogens is 682 g/mol. The highest BCUT2D eigenvalue weighted by Gasteiger charge is 2.47. The van der Waals surface area contributed by atoms with E-state index in [2.05, 4.69) is 30.6 Å². The first kappa shape index (κ1) is 35.7. The van der Waals surface area contributed by atoms with Gasteiger partial charge in [0.05, 0.1) is 13.4 Å². The number of likely N-dealkylation sites (N-methyl/N-ethyl adjacent to an activating group) is 1. The van der Waals surface area contributed by atoms with Gasteiger partial charge in [-0.1, -0.05) is 12.1 Å². The Morgan fingerprint density at radius 1 is 1.04 bits per heavy atom. The first-order chi connectivity index (χ1) is 24.9. The van der Waals surface area contributed by atoms with E-state index in [-0.39, 0.29) is 28.7 Å². The number of benzene rings is 1. The molecule has 5 heterocycles. The summed E-state index contributed by atoms with van der Waals surface area (Å²) in [6.07, 6.45) is -0.889. The Bertz CT molecular complexity index is 2340. The van der Waals surface area contributed by atoms with Gasteiger partial charge in [-0.25, -0.2) is 14.8 Å². The van der Waals surface area contributed by atoms with E-state index >= 15 is 0 Å². The second kappa shape index (κ2) is 14.2. The van der Waals surface area contributed by atoms with Crippen LogP contribution in [0, 0.1) is 0 Å². The number of nitrogens with zero attached hydrogens (tertiary/aromatic N) is 8. The van der Waals surface area contributed by atoms with Gasteiger partial charge in [0.1, 0.15) is 23.5 Å². The number of fused-ring (bicyclic) bond motifs is 2. The summed E-state index contributed by atoms with van der Waals surface area (Å²) in [5.41, 5.74) is 6.69. The van der Waals surface area contributed by atoms with Crippen LogP contribution in [0.1, 0.15) is 31.5 Å². The molecule has 6 N–H and O–H groups in total. The number of methoxy groups -OCH3 is 1. The zero-order valence-corrected chi connectivity index (χ0v) is 28.8. The summed E-state index contributed by atoms with van der Waals surface area (Å²) in [6, 6.07) is 5.01. The van der Waals surface area contributed by atoms with E-state index in [9.17, 15) is 29.4 Å². The van der Waals surface area contributed by atoms with E-state index < -0.39 is 54.2 Å². The van der Waals surface area contributed by atoms with Crippen molar-refractivity contribution in [3.63, 3.8) is 0 Å². The molecule has 0 bridgehead atoms. The molecule has 6 rings (SSSR count). The molecule has 20 heteroatoms. The second-order valence-corrected chi connectivity index (χ2v) is 11.8. The van der Waals surface area contributed by atoms with Crippen molar-refractivity contribution in [2.24, 2.45) is 14.1 Å². The number of anilines is 2. The van der Waals surface area contributed by atoms with E-state index in [0.717, 1.165) is 4.57 Å². The fourth-order valence-electron chi connectivity index (χ4n) is 5.82. The van der Waals surface area contributed by atoms with Crippen LogP contribution in [0.4, 0.5) is 11.8 Å². The molecule has 4 atom stereocenters. The molecule has 274 valence electrons. The van der Waals surface area contributed by atoms with E-state index in [1.54, 1.807) is 55.8 Å². The van der Waals surface area contributed by atoms with E-state index in [1.807, 2.05) is 0 Å². The fraction of sp³-hybridized carbons (Fsp3) is 0.375. The number of imidazole rings is 2. The van der Waals surface area contributed by atoms with E-state index in [4.69, 9.17) is 19.9 Å². The number of ether oxygens (including phenoxy) is 3. The van der Waals surface area contributed by atoms with Crippen molar-refractivity contribution in [3.8, 4) is 11.5 Å². The van der Waals surface area contributed by atoms with Crippen molar-refractivity contribution in [3.05, 3.63) is 56.8 Å². The van der Waals surface area contributed by atoms with Crippen LogP contribution in [-0.4, -0.2) is 98.8 Å². The molecule has 1 aromatic carbocycles. The lowest BCUT2D eigenvalue weighted by Gasteiger charge is -2.16. The molecule has 0 unspecified atom stereocenters. The normalized spacial score (nSPS) is 18.8. The van der Waals surface area contributed by atoms with Crippen LogP contribution in [0.2, 0.25) is 0 Å². The number of aliphatic hydroxyl groups excluding tert-OH is 2. The number of carbonyl (C=O) groups excluding carboxylic acids is 2. The predicted molar refractivity (Wildman–Crippen MR) is 186 cm³/mol. The average Bonchev–Trinajstić information content (AvgIpc) is 3.78. The number of amides is 2. The summed E-state index contributed by atoms with van der Waals surface area (Å²) in [7, 11) is 4.56. The summed E-state index contributed by atoms with van der Waals surface area (Å²) >= 11 is 0. The standard InChI is InChI=1S/C32H37N11O9/c1-6-34-28(47)24-22(45)23(46)30(52-24)43-14-35-20-25(33)38-31(39-26(20)43)37-19(44)13-51-16-10-8-15(12-17(16)50-5)9-11-18-36-27-21(40(18)3)29(48)41(4)32(49)42(27)7-2/h8-12,14,22-24,30,45-46H,6-7,13H2,1-5H3,(H,34,47)(H3,33,37,38,39,44)/b11-9+/t22-,23+,24-,30+/m0/s1. The zero-order chi connectivity index (χ0) is 37.4. The Kier molecular flexibility index (Phi) is 9.78. The summed E-state index contributed by atoms with van der Waals surface area (Å²) < 4.78 is 22.3. The Labute approximate surface area is 294 Å². The average molecular weight is 720 g/mol. The Balaban J connectivity index is 1.15. The Hall–Kier alpha value is -6.12. The number of nitrogens with two attached hydrogens (primary N) is 1. The van der Waals surface area contributed by atoms with Crippen LogP contribution in [0.3, 0.4) is 0 Å². The molecule has 0 radical (unpaired) electrons. The molecule has 0 spiro atoms. The summed E-state index contributed by atoms with van der Waals surface area (Å²) in [4.78, 5) is 67.7. The second-order valence-electron chi connectivity index (χ2n) is 11.8. The summed E-state index contributed by atoms with van der Waals surface area (Å²) in [5.74, 6) is -0.483. The molecule has 20 nitrogen and oxygen atoms in total. The minimum absolute atomic E-state index is 0.0719. The molecule has 0 saturated carbocycles. The zero-order valence-electron chi connectivity index (χ0n) is 28.8. The molecule has 1 aliphatic rings. The van der Waals surface area contributed by atoms with Crippen LogP contribution in [0.5, 0.6) is 11.5 Å². The fourth-order valence-corrected chi connectivity index (χ4v) is 5.82. The van der Waals surface area contributed by atoms with Crippen LogP contribution in [0.15, 0.2) is 34.1 Å². The minimum Gasteiger partial charge on any atom is -0.493 e. The monoisotopic (exact) mass is 719 g/mol. The number of carbonyl (C=O) groups is 2. The van der Waals surface area contributed by atoms with Gasteiger partial charge >= 0.3 is 5.69 Å². The Morgan fingerprint density at radius 3 is 2.52 bits per heavy atom. The first-order valence-corrected chi connectivity index (χ1v) is 16.1. The van der Waals surface area contributed by atoms with Gasteiger partial charge < -0.3 is 40.0 Å². The van der Waals surface area contributed by atoms with Crippen molar-refractivity contribution < 1.29 is 34.0 Å². The maximum atomic E-state index is 12.9. The number of nitrogens with one attached hydrogen (secondary N) is 2. The highest BCUT2D eigenvalue weighted by atomic mass is 16.6. The van der Waals surface area contributed by atoms with Crippen LogP contribution in [-0.2, 0) is 35.0 Å². The van der Waals surface area contributed by atoms with Crippen molar-refractivity contribution in [2.45, 2.75) is 44.9 Å². The lowest BCUT2D eigenvalue weighted by Crippen LogP contribution is -2.42. The van der Waals surface area contributed by atoms with Gasteiger partial charge in [0.25, 0.3) is 17.4 Å². The van der Waals surface area contributed by atoms with Gasteiger partial charge in [-0.05, 0) is 37.6 Å². The molecule has 1 fully saturated rings. The molecule has 4 aromatic heterocycles. The quantitative estimate of drug-likeness (QED) is 0.111. The molecule has 52 heavy (non-hydrogen) atoms. The van der Waals surface area contributed by atoms with Gasteiger partial charge in [-0.2, -0.15) is 9.97 Å². The molecular formula is C32H37N11O9. The van der Waals surface area contributed by atoms with Gasteiger partial charge in [-0.15, -0.1) is 0 Å². The number of rotatable bonds is 11. The maximum absolute atomic E-state index is 12.9. The third kappa shape index (κ3) is 6.33. The summed E-state index contributed by atoms with van der Waals surface area (Å²) in [6.45, 7) is 3.68. The largest absolute Gasteiger partial charge is 0.493 e. The van der Waals surface area contributed by atoms with Gasteiger partial charge in [0, 0.05) is 27.2 Å². The molecule has 1 aliphatic heterocycles.